The Labute approximate surface area is 304 Å². The first-order valence-electron chi connectivity index (χ1n) is 18.3. The lowest BCUT2D eigenvalue weighted by atomic mass is 9.91. The number of rotatable bonds is 18. The first kappa shape index (κ1) is 43.5. The minimum atomic E-state index is -1.10. The highest BCUT2D eigenvalue weighted by atomic mass is 16.6. The Kier molecular flexibility index (Phi) is 17.3. The van der Waals surface area contributed by atoms with Gasteiger partial charge in [-0.2, -0.15) is 0 Å². The molecule has 1 fully saturated rings. The molecule has 0 spiro atoms. The molecule has 2 rings (SSSR count). The summed E-state index contributed by atoms with van der Waals surface area (Å²) in [4.78, 5) is 66.4. The summed E-state index contributed by atoms with van der Waals surface area (Å²) in [7, 11) is 0. The number of amides is 5. The molecule has 1 aromatic rings. The van der Waals surface area contributed by atoms with Gasteiger partial charge in [-0.25, -0.2) is 4.79 Å². The molecule has 13 heteroatoms. The van der Waals surface area contributed by atoms with Crippen LogP contribution in [-0.2, 0) is 35.2 Å². The van der Waals surface area contributed by atoms with E-state index < -0.39 is 59.7 Å². The van der Waals surface area contributed by atoms with Crippen molar-refractivity contribution in [2.24, 2.45) is 29.6 Å². The van der Waals surface area contributed by atoms with Crippen LogP contribution in [0.15, 0.2) is 30.3 Å². The fourth-order valence-electron chi connectivity index (χ4n) is 5.88. The van der Waals surface area contributed by atoms with Crippen molar-refractivity contribution in [3.8, 4) is 0 Å². The van der Waals surface area contributed by atoms with Crippen molar-refractivity contribution in [2.45, 2.75) is 131 Å². The van der Waals surface area contributed by atoms with Gasteiger partial charge in [0, 0.05) is 25.0 Å². The van der Waals surface area contributed by atoms with Crippen molar-refractivity contribution in [3.05, 3.63) is 35.9 Å². The van der Waals surface area contributed by atoms with Gasteiger partial charge in [-0.3, -0.25) is 19.2 Å². The van der Waals surface area contributed by atoms with Gasteiger partial charge in [-0.1, -0.05) is 78.8 Å². The SMILES string of the molecule is CC(C)C[C@H](NC(=O)C(NC(=O)[C@@H](NC(=O)OC(C)(C)C)C(C)C)[C@@H]1CCOC1)[C@@H](O)C[C@@H](C)C(=O)N[C@H](C(=O)NCc1ccccc1)C(C)C. The minimum absolute atomic E-state index is 0.0265. The largest absolute Gasteiger partial charge is 0.444 e. The third-order valence-electron chi connectivity index (χ3n) is 8.75. The second-order valence-electron chi connectivity index (χ2n) is 15.9. The monoisotopic (exact) mass is 717 g/mol. The zero-order valence-electron chi connectivity index (χ0n) is 32.2. The van der Waals surface area contributed by atoms with Crippen molar-refractivity contribution in [1.82, 2.24) is 26.6 Å². The summed E-state index contributed by atoms with van der Waals surface area (Å²) in [5, 5.41) is 25.6. The molecule has 0 bridgehead atoms. The second-order valence-corrected chi connectivity index (χ2v) is 15.9. The molecule has 1 aromatic carbocycles. The van der Waals surface area contributed by atoms with E-state index >= 15 is 0 Å². The lowest BCUT2D eigenvalue weighted by Gasteiger charge is -2.32. The minimum Gasteiger partial charge on any atom is -0.444 e. The van der Waals surface area contributed by atoms with Crippen molar-refractivity contribution < 1.29 is 38.6 Å². The lowest BCUT2D eigenvalue weighted by molar-refractivity contribution is -0.133. The summed E-state index contributed by atoms with van der Waals surface area (Å²) >= 11 is 0. The summed E-state index contributed by atoms with van der Waals surface area (Å²) in [6.07, 6.45) is -0.871. The van der Waals surface area contributed by atoms with E-state index in [1.807, 2.05) is 58.0 Å². The standard InChI is InChI=1S/C38H63N5O8/c1-22(2)18-28(29(44)19-25(7)33(45)41-30(23(3)4)34(46)39-20-26-14-12-11-13-15-26)40-36(48)32(27-16-17-50-21-27)42-35(47)31(24(5)6)43-37(49)51-38(8,9)10/h11-15,22-25,27-32,44H,16-21H2,1-10H3,(H,39,46)(H,40,48)(H,41,45)(H,42,47)(H,43,49)/t25-,27-,28+,29+,30+,31+,32?/m1/s1. The molecule has 1 aliphatic rings. The summed E-state index contributed by atoms with van der Waals surface area (Å²) in [5.41, 5.74) is 0.178. The number of ether oxygens (including phenoxy) is 2. The van der Waals surface area contributed by atoms with Crippen molar-refractivity contribution in [1.29, 1.82) is 0 Å². The van der Waals surface area contributed by atoms with E-state index in [1.54, 1.807) is 41.5 Å². The van der Waals surface area contributed by atoms with E-state index in [1.165, 1.54) is 0 Å². The van der Waals surface area contributed by atoms with E-state index in [0.29, 0.717) is 26.0 Å². The first-order chi connectivity index (χ1) is 23.8. The molecule has 0 aromatic heterocycles. The van der Waals surface area contributed by atoms with Crippen LogP contribution in [0.4, 0.5) is 4.79 Å². The van der Waals surface area contributed by atoms with Crippen LogP contribution in [0.3, 0.4) is 0 Å². The molecule has 13 nitrogen and oxygen atoms in total. The first-order valence-corrected chi connectivity index (χ1v) is 18.3. The van der Waals surface area contributed by atoms with Gasteiger partial charge in [-0.05, 0) is 63.4 Å². The number of carbonyl (C=O) groups is 5. The average Bonchev–Trinajstić information content (AvgIpc) is 3.57. The third kappa shape index (κ3) is 15.2. The highest BCUT2D eigenvalue weighted by Crippen LogP contribution is 2.21. The van der Waals surface area contributed by atoms with Crippen LogP contribution in [0.5, 0.6) is 0 Å². The molecule has 0 saturated carbocycles. The maximum atomic E-state index is 13.9. The molecular weight excluding hydrogens is 654 g/mol. The summed E-state index contributed by atoms with van der Waals surface area (Å²) in [6.45, 7) is 19.0. The van der Waals surface area contributed by atoms with E-state index in [-0.39, 0.29) is 48.5 Å². The Morgan fingerprint density at radius 2 is 1.41 bits per heavy atom. The predicted octanol–water partition coefficient (Wildman–Crippen LogP) is 3.43. The van der Waals surface area contributed by atoms with Gasteiger partial charge >= 0.3 is 6.09 Å². The van der Waals surface area contributed by atoms with Gasteiger partial charge < -0.3 is 41.2 Å². The van der Waals surface area contributed by atoms with Gasteiger partial charge in [0.15, 0.2) is 0 Å². The maximum absolute atomic E-state index is 13.9. The fraction of sp³-hybridized carbons (Fsp3) is 0.711. The van der Waals surface area contributed by atoms with Crippen LogP contribution in [0, 0.1) is 29.6 Å². The maximum Gasteiger partial charge on any atom is 0.408 e. The smallest absolute Gasteiger partial charge is 0.408 e. The molecule has 51 heavy (non-hydrogen) atoms. The number of aliphatic hydroxyl groups excluding tert-OH is 1. The number of nitrogens with one attached hydrogen (secondary N) is 5. The van der Waals surface area contributed by atoms with E-state index in [0.717, 1.165) is 5.56 Å². The average molecular weight is 718 g/mol. The number of alkyl carbamates (subject to hydrolysis) is 1. The second kappa shape index (κ2) is 20.4. The van der Waals surface area contributed by atoms with Crippen molar-refractivity contribution in [2.75, 3.05) is 13.2 Å². The zero-order valence-corrected chi connectivity index (χ0v) is 32.2. The summed E-state index contributed by atoms with van der Waals surface area (Å²) in [5.74, 6) is -3.14. The van der Waals surface area contributed by atoms with Gasteiger partial charge in [0.05, 0.1) is 18.8 Å². The normalized spacial score (nSPS) is 18.3. The molecule has 7 atom stereocenters. The molecule has 288 valence electrons. The van der Waals surface area contributed by atoms with Crippen molar-refractivity contribution in [3.63, 3.8) is 0 Å². The van der Waals surface area contributed by atoms with Gasteiger partial charge in [0.25, 0.3) is 0 Å². The molecule has 1 saturated heterocycles. The highest BCUT2D eigenvalue weighted by molar-refractivity contribution is 5.92. The zero-order chi connectivity index (χ0) is 38.5. The Hall–Kier alpha value is -3.71. The molecule has 0 radical (unpaired) electrons. The molecule has 1 heterocycles. The number of aliphatic hydroxyl groups is 1. The molecule has 1 aliphatic heterocycles. The van der Waals surface area contributed by atoms with Gasteiger partial charge in [0.1, 0.15) is 23.7 Å². The van der Waals surface area contributed by atoms with Crippen LogP contribution >= 0.6 is 0 Å². The van der Waals surface area contributed by atoms with E-state index in [2.05, 4.69) is 26.6 Å². The number of hydrogen-bond acceptors (Lipinski definition) is 8. The molecule has 0 aliphatic carbocycles. The number of hydrogen-bond donors (Lipinski definition) is 6. The fourth-order valence-corrected chi connectivity index (χ4v) is 5.88. The third-order valence-corrected chi connectivity index (χ3v) is 8.75. The van der Waals surface area contributed by atoms with Crippen LogP contribution in [0.25, 0.3) is 0 Å². The number of carbonyl (C=O) groups excluding carboxylic acids is 5. The molecule has 6 N–H and O–H groups in total. The van der Waals surface area contributed by atoms with E-state index in [9.17, 15) is 29.1 Å². The van der Waals surface area contributed by atoms with Gasteiger partial charge in [-0.15, -0.1) is 0 Å². The molecule has 1 unspecified atom stereocenters. The highest BCUT2D eigenvalue weighted by Gasteiger charge is 2.38. The Balaban J connectivity index is 2.14. The number of benzene rings is 1. The van der Waals surface area contributed by atoms with E-state index in [4.69, 9.17) is 9.47 Å². The Morgan fingerprint density at radius 1 is 0.804 bits per heavy atom. The Morgan fingerprint density at radius 3 is 1.94 bits per heavy atom. The lowest BCUT2D eigenvalue weighted by Crippen LogP contribution is -2.59. The molecular formula is C38H63N5O8. The van der Waals surface area contributed by atoms with Crippen LogP contribution in [0.2, 0.25) is 0 Å². The summed E-state index contributed by atoms with van der Waals surface area (Å²) < 4.78 is 10.9. The summed E-state index contributed by atoms with van der Waals surface area (Å²) in [6, 6.07) is 6.02. The van der Waals surface area contributed by atoms with Gasteiger partial charge in [0.2, 0.25) is 23.6 Å². The van der Waals surface area contributed by atoms with Crippen LogP contribution in [0.1, 0.15) is 94.1 Å². The van der Waals surface area contributed by atoms with Crippen LogP contribution in [-0.4, -0.2) is 83.9 Å². The molecule has 5 amide bonds. The predicted molar refractivity (Wildman–Crippen MR) is 195 cm³/mol. The van der Waals surface area contributed by atoms with Crippen LogP contribution < -0.4 is 26.6 Å². The van der Waals surface area contributed by atoms with Crippen molar-refractivity contribution >= 4 is 29.7 Å². The topological polar surface area (TPSA) is 184 Å². The Bertz CT molecular complexity index is 1280. The quantitative estimate of drug-likeness (QED) is 0.133.